The Balaban J connectivity index is 2.27. The molecule has 104 valence electrons. The molecule has 1 nitrogen and oxygen atoms in total. The van der Waals surface area contributed by atoms with Crippen LogP contribution in [-0.2, 0) is 0 Å². The number of benzene rings is 2. The molecule has 0 bridgehead atoms. The zero-order valence-electron chi connectivity index (χ0n) is 12.0. The SMILES string of the molecule is CC#CCCC(NCC)c1ccc2cc(Br)ccc2c1. The molecule has 0 aliphatic carbocycles. The van der Waals surface area contributed by atoms with E-state index in [4.69, 9.17) is 0 Å². The monoisotopic (exact) mass is 329 g/mol. The van der Waals surface area contributed by atoms with Gasteiger partial charge in [0.05, 0.1) is 0 Å². The zero-order valence-corrected chi connectivity index (χ0v) is 13.6. The lowest BCUT2D eigenvalue weighted by atomic mass is 9.98. The summed E-state index contributed by atoms with van der Waals surface area (Å²) in [5, 5.41) is 6.11. The summed E-state index contributed by atoms with van der Waals surface area (Å²) in [5.41, 5.74) is 1.35. The van der Waals surface area contributed by atoms with Gasteiger partial charge in [0.25, 0.3) is 0 Å². The first kappa shape index (κ1) is 15.1. The molecule has 1 N–H and O–H groups in total. The molecule has 20 heavy (non-hydrogen) atoms. The van der Waals surface area contributed by atoms with Crippen molar-refractivity contribution in [2.45, 2.75) is 32.7 Å². The van der Waals surface area contributed by atoms with E-state index in [0.29, 0.717) is 6.04 Å². The number of hydrogen-bond donors (Lipinski definition) is 1. The van der Waals surface area contributed by atoms with E-state index in [1.807, 2.05) is 6.92 Å². The van der Waals surface area contributed by atoms with Crippen LogP contribution in [0, 0.1) is 11.8 Å². The highest BCUT2D eigenvalue weighted by Crippen LogP contribution is 2.25. The summed E-state index contributed by atoms with van der Waals surface area (Å²) < 4.78 is 1.12. The van der Waals surface area contributed by atoms with Crippen LogP contribution in [0.15, 0.2) is 40.9 Å². The van der Waals surface area contributed by atoms with Gasteiger partial charge in [-0.05, 0) is 54.4 Å². The fraction of sp³-hybridized carbons (Fsp3) is 0.333. The number of hydrogen-bond acceptors (Lipinski definition) is 1. The molecule has 2 rings (SSSR count). The van der Waals surface area contributed by atoms with Gasteiger partial charge in [0.15, 0.2) is 0 Å². The minimum absolute atomic E-state index is 0.383. The molecule has 0 radical (unpaired) electrons. The Morgan fingerprint density at radius 3 is 2.65 bits per heavy atom. The van der Waals surface area contributed by atoms with Crippen LogP contribution < -0.4 is 5.32 Å². The van der Waals surface area contributed by atoms with Gasteiger partial charge in [-0.15, -0.1) is 11.8 Å². The Hall–Kier alpha value is -1.30. The van der Waals surface area contributed by atoms with E-state index >= 15 is 0 Å². The van der Waals surface area contributed by atoms with Crippen molar-refractivity contribution in [1.29, 1.82) is 0 Å². The summed E-state index contributed by atoms with van der Waals surface area (Å²) in [6, 6.07) is 13.5. The smallest absolute Gasteiger partial charge is 0.0329 e. The predicted octanol–water partition coefficient (Wildman–Crippen LogP) is 5.06. The van der Waals surface area contributed by atoms with Crippen molar-refractivity contribution in [3.63, 3.8) is 0 Å². The molecule has 0 saturated carbocycles. The topological polar surface area (TPSA) is 12.0 Å². The van der Waals surface area contributed by atoms with Gasteiger partial charge in [-0.3, -0.25) is 0 Å². The summed E-state index contributed by atoms with van der Waals surface area (Å²) in [4.78, 5) is 0. The minimum atomic E-state index is 0.383. The van der Waals surface area contributed by atoms with E-state index in [9.17, 15) is 0 Å². The second-order valence-electron chi connectivity index (χ2n) is 4.83. The average molecular weight is 330 g/mol. The van der Waals surface area contributed by atoms with Crippen LogP contribution in [0.4, 0.5) is 0 Å². The quantitative estimate of drug-likeness (QED) is 0.756. The molecule has 0 aromatic heterocycles. The fourth-order valence-electron chi connectivity index (χ4n) is 2.43. The lowest BCUT2D eigenvalue weighted by molar-refractivity contribution is 0.523. The van der Waals surface area contributed by atoms with E-state index in [1.54, 1.807) is 0 Å². The standard InChI is InChI=1S/C18H20BrN/c1-3-5-6-7-18(20-4-2)16-9-8-15-13-17(19)11-10-14(15)12-16/h8-13,18,20H,4,6-7H2,1-2H3. The Morgan fingerprint density at radius 2 is 1.90 bits per heavy atom. The number of rotatable bonds is 5. The fourth-order valence-corrected chi connectivity index (χ4v) is 2.81. The van der Waals surface area contributed by atoms with E-state index in [0.717, 1.165) is 23.9 Å². The number of nitrogens with one attached hydrogen (secondary N) is 1. The lowest BCUT2D eigenvalue weighted by Gasteiger charge is -2.18. The van der Waals surface area contributed by atoms with Crippen molar-refractivity contribution < 1.29 is 0 Å². The molecular formula is C18H20BrN. The summed E-state index contributed by atoms with van der Waals surface area (Å²) in [6.45, 7) is 5.02. The molecule has 0 amide bonds. The molecule has 0 fully saturated rings. The van der Waals surface area contributed by atoms with Crippen LogP contribution in [0.2, 0.25) is 0 Å². The minimum Gasteiger partial charge on any atom is -0.310 e. The molecule has 0 aliphatic rings. The van der Waals surface area contributed by atoms with Crippen LogP contribution in [-0.4, -0.2) is 6.54 Å². The third-order valence-electron chi connectivity index (χ3n) is 3.41. The Morgan fingerprint density at radius 1 is 1.15 bits per heavy atom. The summed E-state index contributed by atoms with van der Waals surface area (Å²) in [7, 11) is 0. The van der Waals surface area contributed by atoms with Crippen LogP contribution >= 0.6 is 15.9 Å². The van der Waals surface area contributed by atoms with Crippen molar-refractivity contribution in [3.05, 3.63) is 46.4 Å². The largest absolute Gasteiger partial charge is 0.310 e. The highest BCUT2D eigenvalue weighted by Gasteiger charge is 2.10. The summed E-state index contributed by atoms with van der Waals surface area (Å²) in [5.74, 6) is 6.12. The van der Waals surface area contributed by atoms with Gasteiger partial charge in [0.2, 0.25) is 0 Å². The van der Waals surface area contributed by atoms with Crippen molar-refractivity contribution in [1.82, 2.24) is 5.32 Å². The Labute approximate surface area is 129 Å². The first-order valence-corrected chi connectivity index (χ1v) is 7.86. The number of halogens is 1. The first-order valence-electron chi connectivity index (χ1n) is 7.06. The zero-order chi connectivity index (χ0) is 14.4. The van der Waals surface area contributed by atoms with Crippen molar-refractivity contribution in [3.8, 4) is 11.8 Å². The van der Waals surface area contributed by atoms with Crippen LogP contribution in [0.1, 0.15) is 38.3 Å². The molecule has 0 saturated heterocycles. The Kier molecular flexibility index (Phi) is 5.64. The second kappa shape index (κ2) is 7.47. The third-order valence-corrected chi connectivity index (χ3v) is 3.91. The molecular weight excluding hydrogens is 310 g/mol. The van der Waals surface area contributed by atoms with E-state index in [-0.39, 0.29) is 0 Å². The lowest BCUT2D eigenvalue weighted by Crippen LogP contribution is -2.20. The Bertz CT molecular complexity index is 637. The van der Waals surface area contributed by atoms with Gasteiger partial charge in [-0.2, -0.15) is 0 Å². The van der Waals surface area contributed by atoms with Crippen molar-refractivity contribution >= 4 is 26.7 Å². The van der Waals surface area contributed by atoms with E-state index in [2.05, 4.69) is 76.4 Å². The maximum absolute atomic E-state index is 3.56. The van der Waals surface area contributed by atoms with Crippen LogP contribution in [0.3, 0.4) is 0 Å². The second-order valence-corrected chi connectivity index (χ2v) is 5.74. The van der Waals surface area contributed by atoms with E-state index < -0.39 is 0 Å². The maximum Gasteiger partial charge on any atom is 0.0329 e. The first-order chi connectivity index (χ1) is 9.74. The predicted molar refractivity (Wildman–Crippen MR) is 90.7 cm³/mol. The number of fused-ring (bicyclic) bond motifs is 1. The van der Waals surface area contributed by atoms with Crippen molar-refractivity contribution in [2.75, 3.05) is 6.54 Å². The third kappa shape index (κ3) is 3.85. The summed E-state index contributed by atoms with van der Waals surface area (Å²) >= 11 is 3.52. The molecule has 0 spiro atoms. The van der Waals surface area contributed by atoms with Crippen molar-refractivity contribution in [2.24, 2.45) is 0 Å². The van der Waals surface area contributed by atoms with Gasteiger partial charge in [0, 0.05) is 16.9 Å². The molecule has 1 unspecified atom stereocenters. The van der Waals surface area contributed by atoms with E-state index in [1.165, 1.54) is 16.3 Å². The van der Waals surface area contributed by atoms with Gasteiger partial charge >= 0.3 is 0 Å². The molecule has 0 heterocycles. The van der Waals surface area contributed by atoms with Crippen LogP contribution in [0.5, 0.6) is 0 Å². The summed E-state index contributed by atoms with van der Waals surface area (Å²) in [6.07, 6.45) is 1.99. The average Bonchev–Trinajstić information content (AvgIpc) is 2.46. The normalized spacial score (nSPS) is 11.9. The van der Waals surface area contributed by atoms with Gasteiger partial charge in [-0.1, -0.05) is 41.1 Å². The van der Waals surface area contributed by atoms with Gasteiger partial charge < -0.3 is 5.32 Å². The molecule has 0 aliphatic heterocycles. The van der Waals surface area contributed by atoms with Gasteiger partial charge in [-0.25, -0.2) is 0 Å². The molecule has 1 atom stereocenters. The maximum atomic E-state index is 3.56. The van der Waals surface area contributed by atoms with Crippen LogP contribution in [0.25, 0.3) is 10.8 Å². The van der Waals surface area contributed by atoms with Gasteiger partial charge in [0.1, 0.15) is 0 Å². The molecule has 2 aromatic carbocycles. The molecule has 2 aromatic rings. The molecule has 2 heteroatoms. The highest BCUT2D eigenvalue weighted by molar-refractivity contribution is 9.10. The highest BCUT2D eigenvalue weighted by atomic mass is 79.9.